The van der Waals surface area contributed by atoms with Gasteiger partial charge in [0.25, 0.3) is 0 Å². The Balaban J connectivity index is 1.20. The van der Waals surface area contributed by atoms with Gasteiger partial charge >= 0.3 is 0 Å². The summed E-state index contributed by atoms with van der Waals surface area (Å²) in [5.74, 6) is 0.749. The summed E-state index contributed by atoms with van der Waals surface area (Å²) >= 11 is 0. The number of nitrogens with zero attached hydrogens (tertiary/aromatic N) is 3. The van der Waals surface area contributed by atoms with E-state index in [0.717, 1.165) is 53.0 Å². The first-order valence-electron chi connectivity index (χ1n) is 14.0. The first-order valence-corrected chi connectivity index (χ1v) is 15.5. The van der Waals surface area contributed by atoms with Gasteiger partial charge in [-0.2, -0.15) is 0 Å². The highest BCUT2D eigenvalue weighted by molar-refractivity contribution is 7.89. The maximum Gasteiger partial charge on any atom is 0.241 e. The summed E-state index contributed by atoms with van der Waals surface area (Å²) in [7, 11) is -3.89. The van der Waals surface area contributed by atoms with Gasteiger partial charge in [-0.1, -0.05) is 72.2 Å². The Hall–Kier alpha value is -3.53. The Morgan fingerprint density at radius 1 is 0.925 bits per heavy atom. The molecule has 40 heavy (non-hydrogen) atoms. The number of benzene rings is 3. The van der Waals surface area contributed by atoms with E-state index in [-0.39, 0.29) is 17.2 Å². The van der Waals surface area contributed by atoms with E-state index >= 15 is 0 Å². The number of nitrogens with one attached hydrogen (secondary N) is 1. The topological polar surface area (TPSA) is 95.8 Å². The number of amides is 1. The number of rotatable bonds is 8. The van der Waals surface area contributed by atoms with Crippen molar-refractivity contribution in [3.05, 3.63) is 95.4 Å². The van der Waals surface area contributed by atoms with Gasteiger partial charge in [0.15, 0.2) is 0 Å². The van der Waals surface area contributed by atoms with Crippen LogP contribution in [0, 0.1) is 0 Å². The number of likely N-dealkylation sites (tertiary alicyclic amines) is 1. The molecule has 3 aromatic carbocycles. The zero-order chi connectivity index (χ0) is 27.5. The van der Waals surface area contributed by atoms with E-state index in [1.54, 1.807) is 23.1 Å². The molecule has 8 nitrogen and oxygen atoms in total. The molecule has 9 heteroatoms. The second-order valence-electron chi connectivity index (χ2n) is 10.7. The third kappa shape index (κ3) is 5.82. The Labute approximate surface area is 235 Å². The molecule has 0 aliphatic carbocycles. The highest BCUT2D eigenvalue weighted by atomic mass is 32.2. The fourth-order valence-corrected chi connectivity index (χ4v) is 7.00. The molecule has 1 N–H and O–H groups in total. The van der Waals surface area contributed by atoms with Crippen molar-refractivity contribution in [2.75, 3.05) is 19.6 Å². The first-order chi connectivity index (χ1) is 19.5. The minimum absolute atomic E-state index is 0.0128. The molecule has 4 aromatic rings. The summed E-state index contributed by atoms with van der Waals surface area (Å²) in [5, 5.41) is 6.16. The molecule has 0 spiro atoms. The Kier molecular flexibility index (Phi) is 7.69. The molecule has 1 aromatic heterocycles. The standard InChI is InChI=1S/C31H34N4O4S/c36-31(35-18-15-30-27(21-35)29(32-39-30)22-34-16-7-2-8-17-34)20-28(24-10-3-1-4-11-24)33-40(37,38)26-14-13-23-9-5-6-12-25(23)19-26/h1,3-6,9-14,19,28,33H,2,7-8,15-18,20-22H2/t28-/m1/s1. The lowest BCUT2D eigenvalue weighted by Gasteiger charge is -2.29. The molecule has 1 atom stereocenters. The minimum Gasteiger partial charge on any atom is -0.361 e. The zero-order valence-corrected chi connectivity index (χ0v) is 23.3. The summed E-state index contributed by atoms with van der Waals surface area (Å²) in [6.07, 6.45) is 4.27. The largest absolute Gasteiger partial charge is 0.361 e. The second-order valence-corrected chi connectivity index (χ2v) is 12.4. The number of piperidine rings is 1. The summed E-state index contributed by atoms with van der Waals surface area (Å²) in [6, 6.07) is 21.3. The predicted octanol–water partition coefficient (Wildman–Crippen LogP) is 4.81. The van der Waals surface area contributed by atoms with E-state index in [1.807, 2.05) is 54.6 Å². The van der Waals surface area contributed by atoms with Crippen LogP contribution in [0.3, 0.4) is 0 Å². The van der Waals surface area contributed by atoms with Gasteiger partial charge in [0, 0.05) is 31.5 Å². The van der Waals surface area contributed by atoms with E-state index in [2.05, 4.69) is 14.8 Å². The van der Waals surface area contributed by atoms with Crippen LogP contribution in [0.25, 0.3) is 10.8 Å². The molecule has 0 unspecified atom stereocenters. The highest BCUT2D eigenvalue weighted by Crippen LogP contribution is 2.28. The zero-order valence-electron chi connectivity index (χ0n) is 22.5. The van der Waals surface area contributed by atoms with Crippen molar-refractivity contribution in [1.29, 1.82) is 0 Å². The molecule has 1 fully saturated rings. The molecule has 2 aliphatic rings. The SMILES string of the molecule is O=C(C[C@@H](NS(=O)(=O)c1ccc2ccccc2c1)c1ccccc1)N1CCc2onc(CN3CCCCC3)c2C1. The summed E-state index contributed by atoms with van der Waals surface area (Å²) in [4.78, 5) is 18.0. The monoisotopic (exact) mass is 558 g/mol. The van der Waals surface area contributed by atoms with Gasteiger partial charge in [0.2, 0.25) is 15.9 Å². The summed E-state index contributed by atoms with van der Waals surface area (Å²) in [5.41, 5.74) is 2.65. The van der Waals surface area contributed by atoms with Crippen LogP contribution >= 0.6 is 0 Å². The lowest BCUT2D eigenvalue weighted by atomic mass is 10.0. The number of hydrogen-bond acceptors (Lipinski definition) is 6. The molecule has 3 heterocycles. The summed E-state index contributed by atoms with van der Waals surface area (Å²) < 4.78 is 35.5. The van der Waals surface area contributed by atoms with Crippen LogP contribution in [0.5, 0.6) is 0 Å². The molecule has 0 bridgehead atoms. The van der Waals surface area contributed by atoms with E-state index in [9.17, 15) is 13.2 Å². The molecular formula is C31H34N4O4S. The Morgan fingerprint density at radius 2 is 1.68 bits per heavy atom. The first kappa shape index (κ1) is 26.7. The van der Waals surface area contributed by atoms with Gasteiger partial charge in [-0.05, 0) is 54.4 Å². The predicted molar refractivity (Wildman–Crippen MR) is 153 cm³/mol. The molecular weight excluding hydrogens is 524 g/mol. The van der Waals surface area contributed by atoms with Crippen molar-refractivity contribution >= 4 is 26.7 Å². The van der Waals surface area contributed by atoms with Gasteiger partial charge in [-0.15, -0.1) is 0 Å². The van der Waals surface area contributed by atoms with E-state index < -0.39 is 16.1 Å². The average molecular weight is 559 g/mol. The van der Waals surface area contributed by atoms with Crippen molar-refractivity contribution in [1.82, 2.24) is 19.7 Å². The van der Waals surface area contributed by atoms with Crippen LogP contribution in [0.1, 0.15) is 54.3 Å². The molecule has 0 saturated carbocycles. The van der Waals surface area contributed by atoms with Gasteiger partial charge in [-0.25, -0.2) is 13.1 Å². The minimum atomic E-state index is -3.89. The van der Waals surface area contributed by atoms with Gasteiger partial charge in [0.1, 0.15) is 11.5 Å². The van der Waals surface area contributed by atoms with Crippen LogP contribution < -0.4 is 4.72 Å². The number of sulfonamides is 1. The van der Waals surface area contributed by atoms with Crippen molar-refractivity contribution in [2.45, 2.75) is 56.1 Å². The number of aromatic nitrogens is 1. The molecule has 1 amide bonds. The number of hydrogen-bond donors (Lipinski definition) is 1. The summed E-state index contributed by atoms with van der Waals surface area (Å²) in [6.45, 7) is 3.79. The molecule has 2 aliphatic heterocycles. The van der Waals surface area contributed by atoms with E-state index in [4.69, 9.17) is 4.52 Å². The molecule has 208 valence electrons. The van der Waals surface area contributed by atoms with Crippen LogP contribution in [0.4, 0.5) is 0 Å². The third-order valence-corrected chi connectivity index (χ3v) is 9.46. The number of carbonyl (C=O) groups is 1. The van der Waals surface area contributed by atoms with Crippen molar-refractivity contribution < 1.29 is 17.7 Å². The quantitative estimate of drug-likeness (QED) is 0.334. The van der Waals surface area contributed by atoms with Gasteiger partial charge in [-0.3, -0.25) is 9.69 Å². The van der Waals surface area contributed by atoms with Crippen LogP contribution in [0.15, 0.2) is 82.2 Å². The van der Waals surface area contributed by atoms with Crippen molar-refractivity contribution in [3.63, 3.8) is 0 Å². The third-order valence-electron chi connectivity index (χ3n) is 7.99. The maximum absolute atomic E-state index is 13.6. The molecule has 0 radical (unpaired) electrons. The highest BCUT2D eigenvalue weighted by Gasteiger charge is 2.31. The smallest absolute Gasteiger partial charge is 0.241 e. The van der Waals surface area contributed by atoms with Gasteiger partial charge in [0.05, 0.1) is 17.5 Å². The number of carbonyl (C=O) groups excluding carboxylic acids is 1. The Morgan fingerprint density at radius 3 is 2.48 bits per heavy atom. The van der Waals surface area contributed by atoms with E-state index in [0.29, 0.717) is 19.5 Å². The van der Waals surface area contributed by atoms with Crippen molar-refractivity contribution in [2.24, 2.45) is 0 Å². The fourth-order valence-electron chi connectivity index (χ4n) is 5.74. The van der Waals surface area contributed by atoms with E-state index in [1.165, 1.54) is 19.3 Å². The fraction of sp³-hybridized carbons (Fsp3) is 0.355. The normalized spacial score (nSPS) is 17.1. The van der Waals surface area contributed by atoms with Crippen LogP contribution in [-0.4, -0.2) is 48.9 Å². The van der Waals surface area contributed by atoms with Crippen LogP contribution in [-0.2, 0) is 34.3 Å². The lowest BCUT2D eigenvalue weighted by molar-refractivity contribution is -0.132. The van der Waals surface area contributed by atoms with Crippen molar-refractivity contribution in [3.8, 4) is 0 Å². The molecule has 1 saturated heterocycles. The second kappa shape index (κ2) is 11.5. The average Bonchev–Trinajstić information content (AvgIpc) is 3.39. The molecule has 6 rings (SSSR count). The number of fused-ring (bicyclic) bond motifs is 2. The lowest BCUT2D eigenvalue weighted by Crippen LogP contribution is -2.39. The van der Waals surface area contributed by atoms with Crippen LogP contribution in [0.2, 0.25) is 0 Å². The Bertz CT molecular complexity index is 1600. The maximum atomic E-state index is 13.6. The van der Waals surface area contributed by atoms with Gasteiger partial charge < -0.3 is 9.42 Å².